The van der Waals surface area contributed by atoms with Gasteiger partial charge in [0.1, 0.15) is 0 Å². The predicted molar refractivity (Wildman–Crippen MR) is 78.8 cm³/mol. The molecule has 0 saturated heterocycles. The van der Waals surface area contributed by atoms with Gasteiger partial charge >= 0.3 is 0 Å². The van der Waals surface area contributed by atoms with Crippen molar-refractivity contribution in [3.8, 4) is 0 Å². The molecule has 6 rings (SSSR count). The second kappa shape index (κ2) is 2.79. The Balaban J connectivity index is 1.76. The van der Waals surface area contributed by atoms with Crippen LogP contribution in [0.4, 0.5) is 0 Å². The van der Waals surface area contributed by atoms with E-state index in [0.717, 1.165) is 55.7 Å². The molecule has 0 aromatic rings. The second-order valence-corrected chi connectivity index (χ2v) is 9.56. The summed E-state index contributed by atoms with van der Waals surface area (Å²) in [4.78, 5) is 0. The van der Waals surface area contributed by atoms with E-state index in [2.05, 4.69) is 45.2 Å². The molecule has 6 aliphatic rings. The van der Waals surface area contributed by atoms with Crippen LogP contribution in [0.5, 0.6) is 0 Å². The lowest BCUT2D eigenvalue weighted by Crippen LogP contribution is -2.40. The molecule has 0 aromatic heterocycles. The van der Waals surface area contributed by atoms with Gasteiger partial charge in [0.15, 0.2) is 0 Å². The lowest BCUT2D eigenvalue weighted by molar-refractivity contribution is 0.0361. The van der Waals surface area contributed by atoms with E-state index in [-0.39, 0.29) is 0 Å². The topological polar surface area (TPSA) is 20.2 Å². The number of rotatable bonds is 2. The number of aliphatic hydroxyl groups excluding tert-OH is 1. The second-order valence-electron chi connectivity index (χ2n) is 6.78. The normalized spacial score (nSPS) is 76.3. The third-order valence-electron chi connectivity index (χ3n) is 7.11. The van der Waals surface area contributed by atoms with Crippen molar-refractivity contribution in [2.45, 2.75) is 20.7 Å². The van der Waals surface area contributed by atoms with Gasteiger partial charge in [-0.05, 0) is 59.7 Å². The molecule has 3 heteroatoms. The fourth-order valence-electron chi connectivity index (χ4n) is 7.38. The van der Waals surface area contributed by atoms with Crippen LogP contribution in [0.2, 0.25) is 0 Å². The summed E-state index contributed by atoms with van der Waals surface area (Å²) in [5, 5.41) is 9.50. The Morgan fingerprint density at radius 1 is 1.06 bits per heavy atom. The highest BCUT2D eigenvalue weighted by Crippen LogP contribution is 2.89. The molecule has 0 amide bonds. The minimum Gasteiger partial charge on any atom is -0.396 e. The van der Waals surface area contributed by atoms with Crippen LogP contribution in [0, 0.1) is 46.8 Å². The minimum atomic E-state index is 0.430. The van der Waals surface area contributed by atoms with Gasteiger partial charge in [-0.1, -0.05) is 45.2 Å². The van der Waals surface area contributed by atoms with Gasteiger partial charge in [-0.15, -0.1) is 0 Å². The first-order valence-corrected chi connectivity index (χ1v) is 9.11. The minimum absolute atomic E-state index is 0.430. The molecule has 88 valence electrons. The zero-order valence-electron chi connectivity index (χ0n) is 9.02. The molecule has 0 spiro atoms. The summed E-state index contributed by atoms with van der Waals surface area (Å²) < 4.78 is 1.86. The summed E-state index contributed by atoms with van der Waals surface area (Å²) in [6.07, 6.45) is 2.68. The summed E-state index contributed by atoms with van der Waals surface area (Å²) in [6.45, 7) is 0.430. The fourth-order valence-corrected chi connectivity index (χ4v) is 11.7. The Morgan fingerprint density at radius 3 is 2.62 bits per heavy atom. The molecule has 6 bridgehead atoms. The van der Waals surface area contributed by atoms with E-state index in [1.807, 2.05) is 0 Å². The average Bonchev–Trinajstić information content (AvgIpc) is 2.95. The number of hydrogen-bond donors (Lipinski definition) is 1. The predicted octanol–water partition coefficient (Wildman–Crippen LogP) is 2.73. The number of alkyl halides is 2. The molecule has 1 nitrogen and oxygen atoms in total. The molecule has 0 aliphatic heterocycles. The van der Waals surface area contributed by atoms with Crippen molar-refractivity contribution < 1.29 is 5.11 Å². The van der Waals surface area contributed by atoms with Crippen LogP contribution < -0.4 is 0 Å². The third-order valence-corrected chi connectivity index (χ3v) is 10.7. The standard InChI is InChI=1S/C13H16I2O/c14-11-8-4-3-5-7-6(4)10(11)13(1-2-16,9(5)8)12(7)15/h4-12,16H,1-3H2/t4-,5+,6-,7-,8+,9+,10-,11-,12+,13-/m0/s1. The van der Waals surface area contributed by atoms with Crippen molar-refractivity contribution in [3.05, 3.63) is 0 Å². The molecule has 0 heterocycles. The summed E-state index contributed by atoms with van der Waals surface area (Å²) in [7, 11) is 0. The van der Waals surface area contributed by atoms with Gasteiger partial charge in [0.25, 0.3) is 0 Å². The van der Waals surface area contributed by atoms with Crippen LogP contribution in [0.15, 0.2) is 0 Å². The zero-order chi connectivity index (χ0) is 10.8. The molecule has 6 saturated carbocycles. The van der Waals surface area contributed by atoms with Crippen molar-refractivity contribution in [1.82, 2.24) is 0 Å². The maximum atomic E-state index is 9.50. The van der Waals surface area contributed by atoms with Gasteiger partial charge in [-0.2, -0.15) is 0 Å². The highest BCUT2D eigenvalue weighted by Gasteiger charge is 2.87. The van der Waals surface area contributed by atoms with Crippen LogP contribution >= 0.6 is 45.2 Å². The van der Waals surface area contributed by atoms with Crippen LogP contribution in [0.25, 0.3) is 0 Å². The monoisotopic (exact) mass is 442 g/mol. The van der Waals surface area contributed by atoms with E-state index in [1.165, 1.54) is 0 Å². The summed E-state index contributed by atoms with van der Waals surface area (Å²) in [6, 6.07) is 0. The van der Waals surface area contributed by atoms with Crippen molar-refractivity contribution in [2.24, 2.45) is 46.8 Å². The summed E-state index contributed by atoms with van der Waals surface area (Å²) >= 11 is 5.55. The van der Waals surface area contributed by atoms with Crippen molar-refractivity contribution in [3.63, 3.8) is 0 Å². The third kappa shape index (κ3) is 0.705. The van der Waals surface area contributed by atoms with Gasteiger partial charge < -0.3 is 5.11 Å². The molecule has 10 atom stereocenters. The van der Waals surface area contributed by atoms with Gasteiger partial charge in [0.2, 0.25) is 0 Å². The van der Waals surface area contributed by atoms with Crippen LogP contribution in [0.1, 0.15) is 12.8 Å². The quantitative estimate of drug-likeness (QED) is 0.516. The lowest BCUT2D eigenvalue weighted by atomic mass is 9.62. The smallest absolute Gasteiger partial charge is 0.0436 e. The fraction of sp³-hybridized carbons (Fsp3) is 1.00. The first kappa shape index (κ1) is 10.2. The Labute approximate surface area is 123 Å². The molecule has 0 radical (unpaired) electrons. The van der Waals surface area contributed by atoms with E-state index >= 15 is 0 Å². The van der Waals surface area contributed by atoms with E-state index in [0.29, 0.717) is 12.0 Å². The van der Waals surface area contributed by atoms with E-state index in [1.54, 1.807) is 6.42 Å². The Hall–Kier alpha value is 1.42. The Kier molecular flexibility index (Phi) is 1.78. The van der Waals surface area contributed by atoms with E-state index in [4.69, 9.17) is 0 Å². The first-order valence-electron chi connectivity index (χ1n) is 6.62. The molecule has 6 fully saturated rings. The maximum Gasteiger partial charge on any atom is 0.0436 e. The van der Waals surface area contributed by atoms with Gasteiger partial charge in [-0.25, -0.2) is 0 Å². The summed E-state index contributed by atoms with van der Waals surface area (Å²) in [5.41, 5.74) is 0.582. The van der Waals surface area contributed by atoms with Crippen LogP contribution in [0.3, 0.4) is 0 Å². The molecular weight excluding hydrogens is 426 g/mol. The van der Waals surface area contributed by atoms with Gasteiger partial charge in [0.05, 0.1) is 0 Å². The molecule has 1 N–H and O–H groups in total. The van der Waals surface area contributed by atoms with Crippen molar-refractivity contribution in [2.75, 3.05) is 6.61 Å². The van der Waals surface area contributed by atoms with Crippen molar-refractivity contribution >= 4 is 45.2 Å². The van der Waals surface area contributed by atoms with Gasteiger partial charge in [0, 0.05) is 14.5 Å². The Morgan fingerprint density at radius 2 is 1.88 bits per heavy atom. The van der Waals surface area contributed by atoms with Crippen molar-refractivity contribution in [1.29, 1.82) is 0 Å². The SMILES string of the molecule is OCC[C@]12[C@@H]3[C@@H](I)[C@@H]4[C@H]5C[C@H]([C@@H]([C@H]53)[C@H]1I)[C@H]42. The molecule has 6 aliphatic carbocycles. The zero-order valence-corrected chi connectivity index (χ0v) is 13.3. The highest BCUT2D eigenvalue weighted by molar-refractivity contribution is 14.1. The molecular formula is C13H16I2O. The first-order chi connectivity index (χ1) is 7.73. The highest BCUT2D eigenvalue weighted by atomic mass is 127. The van der Waals surface area contributed by atoms with Crippen LogP contribution in [-0.4, -0.2) is 19.6 Å². The maximum absolute atomic E-state index is 9.50. The van der Waals surface area contributed by atoms with Gasteiger partial charge in [-0.3, -0.25) is 0 Å². The number of halogens is 2. The molecule has 0 unspecified atom stereocenters. The molecule has 16 heavy (non-hydrogen) atoms. The van der Waals surface area contributed by atoms with E-state index < -0.39 is 0 Å². The molecule has 0 aromatic carbocycles. The largest absolute Gasteiger partial charge is 0.396 e. The Bertz CT molecular complexity index is 382. The number of aliphatic hydroxyl groups is 1. The van der Waals surface area contributed by atoms with Crippen LogP contribution in [-0.2, 0) is 0 Å². The summed E-state index contributed by atoms with van der Waals surface area (Å²) in [5.74, 6) is 7.39. The average molecular weight is 442 g/mol. The number of hydrogen-bond acceptors (Lipinski definition) is 1. The lowest BCUT2D eigenvalue weighted by Gasteiger charge is -2.42. The van der Waals surface area contributed by atoms with E-state index in [9.17, 15) is 5.11 Å².